The fourth-order valence-electron chi connectivity index (χ4n) is 4.50. The van der Waals surface area contributed by atoms with Gasteiger partial charge in [0, 0.05) is 13.0 Å². The average molecular weight is 388 g/mol. The summed E-state index contributed by atoms with van der Waals surface area (Å²) in [6.45, 7) is 7.97. The quantitative estimate of drug-likeness (QED) is 0.755. The van der Waals surface area contributed by atoms with Gasteiger partial charge in [-0.2, -0.15) is 0 Å². The topological polar surface area (TPSA) is 69.7 Å². The van der Waals surface area contributed by atoms with Gasteiger partial charge in [0.2, 0.25) is 5.82 Å². The Labute approximate surface area is 166 Å². The Morgan fingerprint density at radius 2 is 2.11 bits per heavy atom. The third-order valence-corrected chi connectivity index (χ3v) is 6.00. The number of benzene rings is 1. The molecule has 2 saturated heterocycles. The van der Waals surface area contributed by atoms with E-state index in [0.29, 0.717) is 6.04 Å². The Morgan fingerprint density at radius 3 is 2.82 bits per heavy atom. The number of quaternary nitrogens is 1. The number of methoxy groups -OCH3 is 1. The van der Waals surface area contributed by atoms with Gasteiger partial charge in [-0.25, -0.2) is 4.68 Å². The van der Waals surface area contributed by atoms with Crippen molar-refractivity contribution >= 4 is 5.69 Å². The molecule has 2 atom stereocenters. The van der Waals surface area contributed by atoms with Crippen LogP contribution in [0.2, 0.25) is 0 Å². The summed E-state index contributed by atoms with van der Waals surface area (Å²) < 4.78 is 13.3. The molecule has 1 N–H and O–H groups in total. The molecule has 0 unspecified atom stereocenters. The van der Waals surface area contributed by atoms with Crippen LogP contribution >= 0.6 is 0 Å². The first-order valence-electron chi connectivity index (χ1n) is 10.4. The zero-order valence-electron chi connectivity index (χ0n) is 16.9. The van der Waals surface area contributed by atoms with E-state index in [2.05, 4.69) is 39.5 Å². The summed E-state index contributed by atoms with van der Waals surface area (Å²) in [6.07, 6.45) is 3.50. The first-order chi connectivity index (χ1) is 13.8. The second-order valence-corrected chi connectivity index (χ2v) is 7.63. The molecule has 8 nitrogen and oxygen atoms in total. The van der Waals surface area contributed by atoms with Gasteiger partial charge in [-0.15, -0.1) is 5.10 Å². The molecule has 2 fully saturated rings. The van der Waals surface area contributed by atoms with Gasteiger partial charge in [0.05, 0.1) is 51.6 Å². The molecule has 0 amide bonds. The lowest BCUT2D eigenvalue weighted by Gasteiger charge is -2.37. The molecule has 2 aliphatic heterocycles. The first-order valence-corrected chi connectivity index (χ1v) is 10.4. The molecule has 1 aromatic carbocycles. The molecular formula is C20H31N6O2+. The predicted molar refractivity (Wildman–Crippen MR) is 106 cm³/mol. The Balaban J connectivity index is 1.42. The number of para-hydroxylation sites is 2. The van der Waals surface area contributed by atoms with Crippen LogP contribution in [0, 0.1) is 0 Å². The van der Waals surface area contributed by atoms with Crippen LogP contribution in [0.5, 0.6) is 5.75 Å². The number of hydrogen-bond donors (Lipinski definition) is 1. The normalized spacial score (nSPS) is 21.8. The van der Waals surface area contributed by atoms with E-state index in [4.69, 9.17) is 9.47 Å². The van der Waals surface area contributed by atoms with Gasteiger partial charge in [0.15, 0.2) is 0 Å². The number of nitrogens with zero attached hydrogens (tertiary/aromatic N) is 5. The van der Waals surface area contributed by atoms with Crippen molar-refractivity contribution in [2.75, 3.05) is 44.8 Å². The number of aromatic nitrogens is 4. The summed E-state index contributed by atoms with van der Waals surface area (Å²) in [5.41, 5.74) is 1.18. The summed E-state index contributed by atoms with van der Waals surface area (Å²) >= 11 is 0. The van der Waals surface area contributed by atoms with Crippen molar-refractivity contribution in [1.82, 2.24) is 20.2 Å². The molecule has 0 radical (unpaired) electrons. The van der Waals surface area contributed by atoms with E-state index in [1.165, 1.54) is 5.69 Å². The molecule has 0 aliphatic carbocycles. The van der Waals surface area contributed by atoms with Crippen molar-refractivity contribution in [2.24, 2.45) is 0 Å². The third kappa shape index (κ3) is 3.98. The second-order valence-electron chi connectivity index (χ2n) is 7.63. The average Bonchev–Trinajstić information content (AvgIpc) is 3.42. The monoisotopic (exact) mass is 387 g/mol. The number of nitrogens with one attached hydrogen (secondary N) is 1. The zero-order chi connectivity index (χ0) is 19.3. The van der Waals surface area contributed by atoms with Crippen molar-refractivity contribution in [2.45, 2.75) is 44.9 Å². The highest BCUT2D eigenvalue weighted by atomic mass is 16.5. The van der Waals surface area contributed by atoms with Gasteiger partial charge in [-0.3, -0.25) is 0 Å². The van der Waals surface area contributed by atoms with Crippen molar-refractivity contribution in [1.29, 1.82) is 0 Å². The van der Waals surface area contributed by atoms with Crippen LogP contribution in [0.25, 0.3) is 0 Å². The molecule has 1 aromatic heterocycles. The molecule has 8 heteroatoms. The van der Waals surface area contributed by atoms with Crippen LogP contribution in [0.15, 0.2) is 24.3 Å². The highest BCUT2D eigenvalue weighted by Crippen LogP contribution is 2.27. The fourth-order valence-corrected chi connectivity index (χ4v) is 4.50. The van der Waals surface area contributed by atoms with Gasteiger partial charge in [-0.05, 0) is 35.4 Å². The largest absolute Gasteiger partial charge is 0.495 e. The minimum atomic E-state index is 0.247. The Kier molecular flexibility index (Phi) is 6.07. The zero-order valence-corrected chi connectivity index (χ0v) is 16.9. The van der Waals surface area contributed by atoms with Gasteiger partial charge in [0.1, 0.15) is 11.8 Å². The molecule has 2 aliphatic rings. The number of hydrogen-bond acceptors (Lipinski definition) is 6. The number of rotatable bonds is 7. The predicted octanol–water partition coefficient (Wildman–Crippen LogP) is 0.717. The van der Waals surface area contributed by atoms with Crippen LogP contribution in [-0.4, -0.2) is 66.2 Å². The van der Waals surface area contributed by atoms with Crippen molar-refractivity contribution in [3.8, 4) is 5.75 Å². The lowest BCUT2D eigenvalue weighted by atomic mass is 10.1. The number of piperazine rings is 1. The number of ether oxygens (including phenoxy) is 2. The van der Waals surface area contributed by atoms with Crippen LogP contribution < -0.4 is 14.5 Å². The van der Waals surface area contributed by atoms with Crippen molar-refractivity contribution in [3.63, 3.8) is 0 Å². The summed E-state index contributed by atoms with van der Waals surface area (Å²) in [4.78, 5) is 3.97. The Morgan fingerprint density at radius 1 is 1.29 bits per heavy atom. The lowest BCUT2D eigenvalue weighted by molar-refractivity contribution is -0.933. The van der Waals surface area contributed by atoms with E-state index in [1.54, 1.807) is 12.0 Å². The summed E-state index contributed by atoms with van der Waals surface area (Å²) in [7, 11) is 1.74. The summed E-state index contributed by atoms with van der Waals surface area (Å²) in [6, 6.07) is 8.58. The maximum absolute atomic E-state index is 5.78. The maximum atomic E-state index is 5.78. The van der Waals surface area contributed by atoms with Gasteiger partial charge in [-0.1, -0.05) is 19.1 Å². The standard InChI is InChI=1S/C20H30N6O2/c1-3-17(20-21-22-23-26(20)15-16-7-6-14-28-16)24-10-12-25(13-11-24)18-8-4-5-9-19(18)27-2/h4-5,8-9,16-17H,3,6-7,10-15H2,1-2H3/p+1/t16-,17-/m0/s1. The van der Waals surface area contributed by atoms with E-state index < -0.39 is 0 Å². The lowest BCUT2D eigenvalue weighted by Crippen LogP contribution is -3.15. The van der Waals surface area contributed by atoms with Crippen molar-refractivity contribution in [3.05, 3.63) is 30.1 Å². The van der Waals surface area contributed by atoms with E-state index in [-0.39, 0.29) is 6.10 Å². The maximum Gasteiger partial charge on any atom is 0.209 e. The first kappa shape index (κ1) is 19.1. The Hall–Kier alpha value is -2.19. The van der Waals surface area contributed by atoms with Gasteiger partial charge in [0.25, 0.3) is 0 Å². The number of anilines is 1. The van der Waals surface area contributed by atoms with Crippen LogP contribution in [0.1, 0.15) is 38.1 Å². The van der Waals surface area contributed by atoms with Crippen LogP contribution in [0.4, 0.5) is 5.69 Å². The van der Waals surface area contributed by atoms with Crippen LogP contribution in [-0.2, 0) is 11.3 Å². The third-order valence-electron chi connectivity index (χ3n) is 6.00. The summed E-state index contributed by atoms with van der Waals surface area (Å²) in [5, 5.41) is 12.6. The van der Waals surface area contributed by atoms with Crippen LogP contribution in [0.3, 0.4) is 0 Å². The smallest absolute Gasteiger partial charge is 0.209 e. The molecule has 3 heterocycles. The molecule has 0 bridgehead atoms. The van der Waals surface area contributed by atoms with Crippen molar-refractivity contribution < 1.29 is 14.4 Å². The molecule has 0 saturated carbocycles. The molecular weight excluding hydrogens is 356 g/mol. The fraction of sp³-hybridized carbons (Fsp3) is 0.650. The van der Waals surface area contributed by atoms with E-state index in [1.807, 2.05) is 16.8 Å². The summed E-state index contributed by atoms with van der Waals surface area (Å²) in [5.74, 6) is 1.94. The minimum absolute atomic E-state index is 0.247. The van der Waals surface area contributed by atoms with Gasteiger partial charge >= 0.3 is 0 Å². The molecule has 0 spiro atoms. The molecule has 4 rings (SSSR count). The molecule has 2 aromatic rings. The Bertz CT molecular complexity index is 753. The van der Waals surface area contributed by atoms with E-state index in [9.17, 15) is 0 Å². The molecule has 28 heavy (non-hydrogen) atoms. The SMILES string of the molecule is CC[C@@H](c1nnnn1C[C@@H]1CCCO1)[NH+]1CCN(c2ccccc2OC)CC1. The second kappa shape index (κ2) is 8.87. The molecule has 152 valence electrons. The van der Waals surface area contributed by atoms with Gasteiger partial charge < -0.3 is 19.3 Å². The number of tetrazole rings is 1. The highest BCUT2D eigenvalue weighted by molar-refractivity contribution is 5.58. The van der Waals surface area contributed by atoms with E-state index >= 15 is 0 Å². The minimum Gasteiger partial charge on any atom is -0.495 e. The highest BCUT2D eigenvalue weighted by Gasteiger charge is 2.32. The van der Waals surface area contributed by atoms with E-state index in [0.717, 1.165) is 70.2 Å².